The molecule has 20 heavy (non-hydrogen) atoms. The van der Waals surface area contributed by atoms with Gasteiger partial charge in [-0.25, -0.2) is 0 Å². The number of likely N-dealkylation sites (tertiary alicyclic amines) is 2. The van der Waals surface area contributed by atoms with E-state index >= 15 is 0 Å². The molecule has 1 N–H and O–H groups in total. The molecule has 4 nitrogen and oxygen atoms in total. The van der Waals surface area contributed by atoms with Gasteiger partial charge in [-0.15, -0.1) is 12.4 Å². The van der Waals surface area contributed by atoms with Crippen LogP contribution in [0.2, 0.25) is 0 Å². The van der Waals surface area contributed by atoms with Crippen molar-refractivity contribution in [1.82, 2.24) is 15.1 Å². The minimum atomic E-state index is 0. The molecule has 3 aliphatic heterocycles. The molecule has 0 aromatic rings. The van der Waals surface area contributed by atoms with E-state index in [1.807, 2.05) is 11.9 Å². The zero-order valence-corrected chi connectivity index (χ0v) is 13.4. The lowest BCUT2D eigenvalue weighted by molar-refractivity contribution is -0.137. The Labute approximate surface area is 128 Å². The lowest BCUT2D eigenvalue weighted by atomic mass is 9.77. The molecule has 0 aliphatic carbocycles. The van der Waals surface area contributed by atoms with E-state index in [1.54, 1.807) is 0 Å². The van der Waals surface area contributed by atoms with E-state index in [4.69, 9.17) is 0 Å². The molecule has 0 atom stereocenters. The fourth-order valence-electron chi connectivity index (χ4n) is 4.05. The number of hydrogen-bond acceptors (Lipinski definition) is 3. The second kappa shape index (κ2) is 6.63. The minimum Gasteiger partial charge on any atom is -0.345 e. The molecular weight excluding hydrogens is 274 g/mol. The molecule has 0 aromatic heterocycles. The zero-order chi connectivity index (χ0) is 13.3. The average molecular weight is 302 g/mol. The molecule has 0 bridgehead atoms. The van der Waals surface area contributed by atoms with Crippen molar-refractivity contribution >= 4 is 18.3 Å². The molecule has 0 radical (unpaired) electrons. The van der Waals surface area contributed by atoms with Crippen LogP contribution in [0, 0.1) is 11.3 Å². The first-order valence-electron chi connectivity index (χ1n) is 7.88. The molecule has 1 spiro atoms. The predicted octanol–water partition coefficient (Wildman–Crippen LogP) is 1.35. The summed E-state index contributed by atoms with van der Waals surface area (Å²) < 4.78 is 0. The van der Waals surface area contributed by atoms with E-state index < -0.39 is 0 Å². The average Bonchev–Trinajstić information content (AvgIpc) is 2.72. The number of rotatable bonds is 2. The Balaban J connectivity index is 0.00000147. The highest BCUT2D eigenvalue weighted by Crippen LogP contribution is 2.41. The molecule has 3 saturated heterocycles. The Hall–Kier alpha value is -0.320. The number of hydrogen-bond donors (Lipinski definition) is 1. The highest BCUT2D eigenvalue weighted by Gasteiger charge is 2.46. The third-order valence-electron chi connectivity index (χ3n) is 5.51. The summed E-state index contributed by atoms with van der Waals surface area (Å²) in [5, 5.41) is 3.43. The molecular formula is C15H28ClN3O. The largest absolute Gasteiger partial charge is 0.345 e. The third kappa shape index (κ3) is 3.12. The molecule has 0 unspecified atom stereocenters. The Morgan fingerprint density at radius 1 is 1.15 bits per heavy atom. The summed E-state index contributed by atoms with van der Waals surface area (Å²) in [4.78, 5) is 16.8. The fraction of sp³-hybridized carbons (Fsp3) is 0.933. The van der Waals surface area contributed by atoms with Crippen molar-refractivity contribution in [3.63, 3.8) is 0 Å². The number of carbonyl (C=O) groups is 1. The summed E-state index contributed by atoms with van der Waals surface area (Å²) in [5.41, 5.74) is 0.0133. The van der Waals surface area contributed by atoms with Crippen molar-refractivity contribution in [3.05, 3.63) is 0 Å². The van der Waals surface area contributed by atoms with Crippen molar-refractivity contribution in [1.29, 1.82) is 0 Å². The van der Waals surface area contributed by atoms with Crippen molar-refractivity contribution < 1.29 is 4.79 Å². The first kappa shape index (κ1) is 16.1. The highest BCUT2D eigenvalue weighted by molar-refractivity contribution is 5.85. The molecule has 0 aromatic carbocycles. The van der Waals surface area contributed by atoms with E-state index in [0.29, 0.717) is 5.91 Å². The third-order valence-corrected chi connectivity index (χ3v) is 5.51. The van der Waals surface area contributed by atoms with Crippen LogP contribution in [0.5, 0.6) is 0 Å². The van der Waals surface area contributed by atoms with Crippen LogP contribution in [0.4, 0.5) is 0 Å². The van der Waals surface area contributed by atoms with Crippen LogP contribution in [0.25, 0.3) is 0 Å². The molecule has 5 heteroatoms. The number of nitrogens with zero attached hydrogens (tertiary/aromatic N) is 2. The standard InChI is InChI=1S/C15H27N3O.ClH/c1-17-9-4-15(14(17)19)5-10-18(11-6-15)12-13-2-7-16-8-3-13;/h13,16H,2-12H2,1H3;1H. The van der Waals surface area contributed by atoms with Crippen LogP contribution < -0.4 is 5.32 Å². The van der Waals surface area contributed by atoms with Gasteiger partial charge in [-0.3, -0.25) is 4.79 Å². The highest BCUT2D eigenvalue weighted by atomic mass is 35.5. The summed E-state index contributed by atoms with van der Waals surface area (Å²) in [6.07, 6.45) is 5.90. The molecule has 0 saturated carbocycles. The maximum Gasteiger partial charge on any atom is 0.228 e. The molecule has 3 aliphatic rings. The summed E-state index contributed by atoms with van der Waals surface area (Å²) in [6.45, 7) is 6.85. The molecule has 1 amide bonds. The van der Waals surface area contributed by atoms with Crippen LogP contribution in [-0.4, -0.2) is 62.0 Å². The van der Waals surface area contributed by atoms with Crippen molar-refractivity contribution in [2.45, 2.75) is 32.1 Å². The number of halogens is 1. The van der Waals surface area contributed by atoms with Gasteiger partial charge in [-0.2, -0.15) is 0 Å². The van der Waals surface area contributed by atoms with Crippen molar-refractivity contribution in [2.75, 3.05) is 46.3 Å². The maximum atomic E-state index is 12.3. The van der Waals surface area contributed by atoms with E-state index in [9.17, 15) is 4.79 Å². The van der Waals surface area contributed by atoms with Gasteiger partial charge in [0.1, 0.15) is 0 Å². The molecule has 116 valence electrons. The van der Waals surface area contributed by atoms with Gasteiger partial charge in [0, 0.05) is 20.1 Å². The maximum absolute atomic E-state index is 12.3. The second-order valence-electron chi connectivity index (χ2n) is 6.75. The van der Waals surface area contributed by atoms with E-state index in [2.05, 4.69) is 10.2 Å². The van der Waals surface area contributed by atoms with Gasteiger partial charge < -0.3 is 15.1 Å². The quantitative estimate of drug-likeness (QED) is 0.836. The van der Waals surface area contributed by atoms with Crippen LogP contribution in [0.15, 0.2) is 0 Å². The Morgan fingerprint density at radius 3 is 2.30 bits per heavy atom. The summed E-state index contributed by atoms with van der Waals surface area (Å²) in [5.74, 6) is 1.28. The predicted molar refractivity (Wildman–Crippen MR) is 83.2 cm³/mol. The normalized spacial score (nSPS) is 27.9. The van der Waals surface area contributed by atoms with Gasteiger partial charge >= 0.3 is 0 Å². The lowest BCUT2D eigenvalue weighted by Gasteiger charge is -2.39. The first-order chi connectivity index (χ1) is 9.20. The van der Waals surface area contributed by atoms with E-state index in [-0.39, 0.29) is 17.8 Å². The summed E-state index contributed by atoms with van der Waals surface area (Å²) >= 11 is 0. The fourth-order valence-corrected chi connectivity index (χ4v) is 4.05. The Morgan fingerprint density at radius 2 is 1.75 bits per heavy atom. The topological polar surface area (TPSA) is 35.6 Å². The smallest absolute Gasteiger partial charge is 0.228 e. The van der Waals surface area contributed by atoms with E-state index in [1.165, 1.54) is 32.5 Å². The summed E-state index contributed by atoms with van der Waals surface area (Å²) in [6, 6.07) is 0. The second-order valence-corrected chi connectivity index (χ2v) is 6.75. The Bertz CT molecular complexity index is 336. The van der Waals surface area contributed by atoms with Crippen LogP contribution in [-0.2, 0) is 4.79 Å². The number of carbonyl (C=O) groups excluding carboxylic acids is 1. The molecule has 3 fully saturated rings. The first-order valence-corrected chi connectivity index (χ1v) is 7.88. The Kier molecular flexibility index (Phi) is 5.32. The van der Waals surface area contributed by atoms with Gasteiger partial charge in [0.15, 0.2) is 0 Å². The van der Waals surface area contributed by atoms with Gasteiger partial charge in [0.05, 0.1) is 5.41 Å². The monoisotopic (exact) mass is 301 g/mol. The van der Waals surface area contributed by atoms with Crippen LogP contribution in [0.1, 0.15) is 32.1 Å². The molecule has 3 heterocycles. The summed E-state index contributed by atoms with van der Waals surface area (Å²) in [7, 11) is 1.96. The number of amides is 1. The van der Waals surface area contributed by atoms with Crippen molar-refractivity contribution in [2.24, 2.45) is 11.3 Å². The lowest BCUT2D eigenvalue weighted by Crippen LogP contribution is -2.46. The van der Waals surface area contributed by atoms with Crippen LogP contribution in [0.3, 0.4) is 0 Å². The van der Waals surface area contributed by atoms with Crippen molar-refractivity contribution in [3.8, 4) is 0 Å². The van der Waals surface area contributed by atoms with Gasteiger partial charge in [-0.1, -0.05) is 0 Å². The zero-order valence-electron chi connectivity index (χ0n) is 12.6. The number of nitrogens with one attached hydrogen (secondary N) is 1. The van der Waals surface area contributed by atoms with Crippen LogP contribution >= 0.6 is 12.4 Å². The number of piperidine rings is 2. The SMILES string of the molecule is CN1CCC2(CCN(CC3CCNCC3)CC2)C1=O.Cl. The van der Waals surface area contributed by atoms with Gasteiger partial charge in [0.25, 0.3) is 0 Å². The van der Waals surface area contributed by atoms with E-state index in [0.717, 1.165) is 44.8 Å². The van der Waals surface area contributed by atoms with Gasteiger partial charge in [-0.05, 0) is 64.2 Å². The van der Waals surface area contributed by atoms with Gasteiger partial charge in [0.2, 0.25) is 5.91 Å². The minimum absolute atomic E-state index is 0. The molecule has 3 rings (SSSR count).